The first-order valence-corrected chi connectivity index (χ1v) is 6.12. The van der Waals surface area contributed by atoms with Crippen molar-refractivity contribution in [1.82, 2.24) is 5.43 Å². The number of benzene rings is 2. The first-order chi connectivity index (χ1) is 9.45. The minimum absolute atomic E-state index is 0.0882. The molecule has 1 atom stereocenters. The van der Waals surface area contributed by atoms with E-state index in [4.69, 9.17) is 5.84 Å². The number of hydrazine groups is 1. The SMILES string of the molecule is Cc1cc(F)ccc1C(NN)c1ccc(C)c(F)c1F. The van der Waals surface area contributed by atoms with Crippen molar-refractivity contribution in [2.45, 2.75) is 19.9 Å². The maximum absolute atomic E-state index is 14.1. The average Bonchev–Trinajstić information content (AvgIpc) is 2.41. The van der Waals surface area contributed by atoms with Gasteiger partial charge in [-0.2, -0.15) is 0 Å². The molecule has 0 aliphatic heterocycles. The Morgan fingerprint density at radius 1 is 0.900 bits per heavy atom. The number of hydrogen-bond acceptors (Lipinski definition) is 2. The Hall–Kier alpha value is -1.85. The molecule has 0 heterocycles. The lowest BCUT2D eigenvalue weighted by molar-refractivity contribution is 0.478. The van der Waals surface area contributed by atoms with Crippen LogP contribution in [0.2, 0.25) is 0 Å². The van der Waals surface area contributed by atoms with Gasteiger partial charge in [0, 0.05) is 5.56 Å². The lowest BCUT2D eigenvalue weighted by Crippen LogP contribution is -2.30. The summed E-state index contributed by atoms with van der Waals surface area (Å²) in [7, 11) is 0. The molecule has 5 heteroatoms. The summed E-state index contributed by atoms with van der Waals surface area (Å²) in [5, 5.41) is 0. The van der Waals surface area contributed by atoms with Gasteiger partial charge in [-0.15, -0.1) is 0 Å². The molecule has 2 nitrogen and oxygen atoms in total. The topological polar surface area (TPSA) is 38.0 Å². The molecule has 0 fully saturated rings. The molecule has 0 saturated carbocycles. The number of nitrogens with one attached hydrogen (secondary N) is 1. The van der Waals surface area contributed by atoms with Gasteiger partial charge in [0.2, 0.25) is 0 Å². The van der Waals surface area contributed by atoms with Crippen LogP contribution in [0, 0.1) is 31.3 Å². The van der Waals surface area contributed by atoms with Gasteiger partial charge >= 0.3 is 0 Å². The second kappa shape index (κ2) is 5.64. The van der Waals surface area contributed by atoms with Crippen LogP contribution in [0.4, 0.5) is 13.2 Å². The molecule has 0 aliphatic carbocycles. The van der Waals surface area contributed by atoms with E-state index >= 15 is 0 Å². The van der Waals surface area contributed by atoms with E-state index in [1.807, 2.05) is 0 Å². The van der Waals surface area contributed by atoms with Gasteiger partial charge in [0.15, 0.2) is 11.6 Å². The van der Waals surface area contributed by atoms with E-state index in [0.29, 0.717) is 11.1 Å². The Bertz CT molecular complexity index is 641. The third kappa shape index (κ3) is 2.55. The molecule has 2 rings (SSSR count). The number of aryl methyl sites for hydroxylation is 2. The van der Waals surface area contributed by atoms with Crippen LogP contribution in [0.3, 0.4) is 0 Å². The van der Waals surface area contributed by atoms with Crippen molar-refractivity contribution in [1.29, 1.82) is 0 Å². The monoisotopic (exact) mass is 280 g/mol. The van der Waals surface area contributed by atoms with Gasteiger partial charge < -0.3 is 0 Å². The molecule has 0 aromatic heterocycles. The van der Waals surface area contributed by atoms with E-state index in [9.17, 15) is 13.2 Å². The Labute approximate surface area is 115 Å². The smallest absolute Gasteiger partial charge is 0.164 e. The summed E-state index contributed by atoms with van der Waals surface area (Å²) in [4.78, 5) is 0. The highest BCUT2D eigenvalue weighted by Crippen LogP contribution is 2.28. The van der Waals surface area contributed by atoms with Crippen LogP contribution in [0.5, 0.6) is 0 Å². The van der Waals surface area contributed by atoms with E-state index in [2.05, 4.69) is 5.43 Å². The molecule has 0 radical (unpaired) electrons. The first kappa shape index (κ1) is 14.6. The van der Waals surface area contributed by atoms with Gasteiger partial charge in [0.1, 0.15) is 5.82 Å². The summed E-state index contributed by atoms with van der Waals surface area (Å²) in [6.07, 6.45) is 0. The summed E-state index contributed by atoms with van der Waals surface area (Å²) < 4.78 is 40.8. The summed E-state index contributed by atoms with van der Waals surface area (Å²) in [6, 6.07) is 6.30. The van der Waals surface area contributed by atoms with Gasteiger partial charge in [-0.1, -0.05) is 18.2 Å². The van der Waals surface area contributed by atoms with Crippen molar-refractivity contribution in [3.63, 3.8) is 0 Å². The molecule has 106 valence electrons. The summed E-state index contributed by atoms with van der Waals surface area (Å²) in [5.74, 6) is 3.23. The fourth-order valence-electron chi connectivity index (χ4n) is 2.19. The molecule has 0 spiro atoms. The zero-order valence-corrected chi connectivity index (χ0v) is 11.2. The van der Waals surface area contributed by atoms with Crippen molar-refractivity contribution in [3.05, 3.63) is 70.0 Å². The van der Waals surface area contributed by atoms with Crippen LogP contribution >= 0.6 is 0 Å². The van der Waals surface area contributed by atoms with Crippen molar-refractivity contribution in [2.75, 3.05) is 0 Å². The van der Waals surface area contributed by atoms with E-state index in [0.717, 1.165) is 0 Å². The quantitative estimate of drug-likeness (QED) is 0.669. The zero-order chi connectivity index (χ0) is 14.9. The molecule has 3 N–H and O–H groups in total. The van der Waals surface area contributed by atoms with Crippen LogP contribution in [-0.2, 0) is 0 Å². The van der Waals surface area contributed by atoms with E-state index < -0.39 is 23.5 Å². The molecule has 0 saturated heterocycles. The van der Waals surface area contributed by atoms with Crippen LogP contribution in [0.15, 0.2) is 30.3 Å². The van der Waals surface area contributed by atoms with Crippen LogP contribution in [-0.4, -0.2) is 0 Å². The summed E-state index contributed by atoms with van der Waals surface area (Å²) in [5.41, 5.74) is 3.96. The molecule has 0 amide bonds. The van der Waals surface area contributed by atoms with Crippen molar-refractivity contribution in [2.24, 2.45) is 5.84 Å². The van der Waals surface area contributed by atoms with Crippen LogP contribution < -0.4 is 11.3 Å². The molecule has 0 bridgehead atoms. The molecule has 20 heavy (non-hydrogen) atoms. The highest BCUT2D eigenvalue weighted by molar-refractivity contribution is 5.39. The normalized spacial score (nSPS) is 12.5. The molecule has 2 aromatic carbocycles. The standard InChI is InChI=1S/C15H15F3N2/c1-8-3-5-12(14(18)13(8)17)15(20-19)11-6-4-10(16)7-9(11)2/h3-7,15,20H,19H2,1-2H3. The van der Waals surface area contributed by atoms with Gasteiger partial charge in [-0.05, 0) is 42.7 Å². The second-order valence-electron chi connectivity index (χ2n) is 4.70. The Kier molecular flexibility index (Phi) is 4.11. The maximum Gasteiger partial charge on any atom is 0.164 e. The minimum Gasteiger partial charge on any atom is -0.271 e. The van der Waals surface area contributed by atoms with Gasteiger partial charge in [0.25, 0.3) is 0 Å². The molecule has 1 unspecified atom stereocenters. The van der Waals surface area contributed by atoms with Crippen LogP contribution in [0.25, 0.3) is 0 Å². The number of hydrogen-bond donors (Lipinski definition) is 2. The Morgan fingerprint density at radius 2 is 1.55 bits per heavy atom. The number of rotatable bonds is 3. The zero-order valence-electron chi connectivity index (χ0n) is 11.2. The average molecular weight is 280 g/mol. The molecule has 0 aliphatic rings. The highest BCUT2D eigenvalue weighted by Gasteiger charge is 2.21. The van der Waals surface area contributed by atoms with Crippen molar-refractivity contribution in [3.8, 4) is 0 Å². The third-order valence-electron chi connectivity index (χ3n) is 3.33. The van der Waals surface area contributed by atoms with E-state index in [-0.39, 0.29) is 11.1 Å². The van der Waals surface area contributed by atoms with Crippen molar-refractivity contribution < 1.29 is 13.2 Å². The van der Waals surface area contributed by atoms with Gasteiger partial charge in [-0.25, -0.2) is 18.6 Å². The predicted octanol–water partition coefficient (Wildman–Crippen LogP) is 3.27. The Balaban J connectivity index is 2.55. The summed E-state index contributed by atoms with van der Waals surface area (Å²) in [6.45, 7) is 3.17. The minimum atomic E-state index is -0.948. The second-order valence-corrected chi connectivity index (χ2v) is 4.70. The molecular weight excluding hydrogens is 265 g/mol. The molecular formula is C15H15F3N2. The lowest BCUT2D eigenvalue weighted by atomic mass is 9.94. The van der Waals surface area contributed by atoms with Gasteiger partial charge in [0.05, 0.1) is 6.04 Å². The molecule has 2 aromatic rings. The largest absolute Gasteiger partial charge is 0.271 e. The third-order valence-corrected chi connectivity index (χ3v) is 3.33. The highest BCUT2D eigenvalue weighted by atomic mass is 19.2. The van der Waals surface area contributed by atoms with E-state index in [1.54, 1.807) is 6.92 Å². The predicted molar refractivity (Wildman–Crippen MR) is 71.4 cm³/mol. The van der Waals surface area contributed by atoms with Crippen molar-refractivity contribution >= 4 is 0 Å². The van der Waals surface area contributed by atoms with Gasteiger partial charge in [-0.3, -0.25) is 5.84 Å². The number of nitrogens with two attached hydrogens (primary N) is 1. The lowest BCUT2D eigenvalue weighted by Gasteiger charge is -2.20. The van der Waals surface area contributed by atoms with E-state index in [1.165, 1.54) is 37.3 Å². The first-order valence-electron chi connectivity index (χ1n) is 6.12. The number of halogens is 3. The summed E-state index contributed by atoms with van der Waals surface area (Å²) >= 11 is 0. The van der Waals surface area contributed by atoms with Crippen LogP contribution in [0.1, 0.15) is 28.3 Å². The fraction of sp³-hybridized carbons (Fsp3) is 0.200. The maximum atomic E-state index is 14.1. The Morgan fingerprint density at radius 3 is 2.15 bits per heavy atom. The fourth-order valence-corrected chi connectivity index (χ4v) is 2.19.